The minimum atomic E-state index is -3.39. The molecule has 100 valence electrons. The van der Waals surface area contributed by atoms with Gasteiger partial charge in [-0.2, -0.15) is 4.31 Å². The van der Waals surface area contributed by atoms with Crippen molar-refractivity contribution in [2.75, 3.05) is 13.1 Å². The van der Waals surface area contributed by atoms with E-state index in [9.17, 15) is 8.42 Å². The van der Waals surface area contributed by atoms with E-state index in [0.717, 1.165) is 4.88 Å². The van der Waals surface area contributed by atoms with Crippen LogP contribution in [0, 0.1) is 12.8 Å². The van der Waals surface area contributed by atoms with Gasteiger partial charge in [0.2, 0.25) is 0 Å². The summed E-state index contributed by atoms with van der Waals surface area (Å²) in [4.78, 5) is 0.983. The van der Waals surface area contributed by atoms with E-state index in [-0.39, 0.29) is 5.92 Å². The highest BCUT2D eigenvalue weighted by Gasteiger charge is 2.32. The number of sulfonamides is 1. The van der Waals surface area contributed by atoms with Gasteiger partial charge in [-0.1, -0.05) is 12.1 Å². The number of rotatable bonds is 2. The molecule has 0 spiro atoms. The van der Waals surface area contributed by atoms with Gasteiger partial charge in [0.05, 0.1) is 5.71 Å². The van der Waals surface area contributed by atoms with Crippen LogP contribution in [-0.4, -0.2) is 36.7 Å². The average molecular weight is 288 g/mol. The number of thiophene rings is 1. The summed E-state index contributed by atoms with van der Waals surface area (Å²) in [6.45, 7) is 4.51. The molecule has 0 aliphatic carbocycles. The van der Waals surface area contributed by atoms with Crippen molar-refractivity contribution in [2.45, 2.75) is 24.5 Å². The normalized spacial score (nSPS) is 24.6. The second kappa shape index (κ2) is 4.99. The summed E-state index contributed by atoms with van der Waals surface area (Å²) in [7, 11) is -3.39. The minimum absolute atomic E-state index is 0.0421. The van der Waals surface area contributed by atoms with Crippen molar-refractivity contribution in [3.05, 3.63) is 17.0 Å². The van der Waals surface area contributed by atoms with Gasteiger partial charge in [0.25, 0.3) is 10.0 Å². The van der Waals surface area contributed by atoms with Crippen LogP contribution in [-0.2, 0) is 10.0 Å². The van der Waals surface area contributed by atoms with Gasteiger partial charge in [-0.05, 0) is 19.1 Å². The predicted molar refractivity (Wildman–Crippen MR) is 70.8 cm³/mol. The monoisotopic (exact) mass is 288 g/mol. The fraction of sp³-hybridized carbons (Fsp3) is 0.545. The lowest BCUT2D eigenvalue weighted by Gasteiger charge is -2.30. The van der Waals surface area contributed by atoms with Gasteiger partial charge in [-0.25, -0.2) is 8.42 Å². The first-order valence-electron chi connectivity index (χ1n) is 5.72. The predicted octanol–water partition coefficient (Wildman–Crippen LogP) is 1.92. The number of oxime groups is 1. The van der Waals surface area contributed by atoms with Crippen LogP contribution in [0.2, 0.25) is 0 Å². The molecule has 1 aliphatic rings. The van der Waals surface area contributed by atoms with Crippen LogP contribution >= 0.6 is 11.3 Å². The molecule has 0 radical (unpaired) electrons. The summed E-state index contributed by atoms with van der Waals surface area (Å²) in [6, 6.07) is 3.46. The molecule has 1 unspecified atom stereocenters. The Kier molecular flexibility index (Phi) is 3.74. The highest BCUT2D eigenvalue weighted by atomic mass is 32.2. The first-order chi connectivity index (χ1) is 8.45. The van der Waals surface area contributed by atoms with Crippen LogP contribution in [0.5, 0.6) is 0 Å². The summed E-state index contributed by atoms with van der Waals surface area (Å²) in [6.07, 6.45) is 0.487. The van der Waals surface area contributed by atoms with Crippen LogP contribution in [0.3, 0.4) is 0 Å². The third-order valence-electron chi connectivity index (χ3n) is 3.10. The Bertz CT molecular complexity index is 563. The molecule has 0 amide bonds. The number of hydrogen-bond acceptors (Lipinski definition) is 5. The largest absolute Gasteiger partial charge is 0.411 e. The Morgan fingerprint density at radius 2 is 2.22 bits per heavy atom. The molecular formula is C11H16N2O3S2. The minimum Gasteiger partial charge on any atom is -0.411 e. The fourth-order valence-corrected chi connectivity index (χ4v) is 5.00. The standard InChI is InChI=1S/C11H16N2O3S2/c1-8-7-13(6-5-10(8)12-14)18(15,16)11-4-3-9(2)17-11/h3-4,8,14H,5-7H2,1-2H3/b12-10+. The second-order valence-electron chi connectivity index (χ2n) is 4.47. The Balaban J connectivity index is 2.23. The summed E-state index contributed by atoms with van der Waals surface area (Å²) >= 11 is 1.29. The van der Waals surface area contributed by atoms with Gasteiger partial charge in [0.15, 0.2) is 0 Å². The highest BCUT2D eigenvalue weighted by Crippen LogP contribution is 2.27. The maximum atomic E-state index is 12.4. The fourth-order valence-electron chi connectivity index (χ4n) is 2.03. The Labute approximate surface area is 111 Å². The van der Waals surface area contributed by atoms with Crippen LogP contribution in [0.1, 0.15) is 18.2 Å². The molecule has 0 bridgehead atoms. The van der Waals surface area contributed by atoms with Crippen LogP contribution in [0.4, 0.5) is 0 Å². The second-order valence-corrected chi connectivity index (χ2v) is 7.92. The molecule has 1 aliphatic heterocycles. The van der Waals surface area contributed by atoms with Gasteiger partial charge in [0, 0.05) is 30.3 Å². The van der Waals surface area contributed by atoms with E-state index >= 15 is 0 Å². The average Bonchev–Trinajstić information content (AvgIpc) is 2.76. The third kappa shape index (κ3) is 2.43. The van der Waals surface area contributed by atoms with Crippen molar-refractivity contribution >= 4 is 27.1 Å². The molecule has 1 fully saturated rings. The van der Waals surface area contributed by atoms with Crippen LogP contribution in [0.15, 0.2) is 21.5 Å². The van der Waals surface area contributed by atoms with Crippen molar-refractivity contribution in [1.82, 2.24) is 4.31 Å². The number of hydrogen-bond donors (Lipinski definition) is 1. The molecule has 5 nitrogen and oxygen atoms in total. The van der Waals surface area contributed by atoms with Gasteiger partial charge in [0.1, 0.15) is 4.21 Å². The Morgan fingerprint density at radius 3 is 2.72 bits per heavy atom. The summed E-state index contributed by atoms with van der Waals surface area (Å²) in [5.41, 5.74) is 0.670. The quantitative estimate of drug-likeness (QED) is 0.667. The zero-order valence-electron chi connectivity index (χ0n) is 10.3. The molecule has 1 saturated heterocycles. The Hall–Kier alpha value is -0.920. The summed E-state index contributed by atoms with van der Waals surface area (Å²) < 4.78 is 26.6. The molecule has 2 rings (SSSR count). The molecule has 1 N–H and O–H groups in total. The highest BCUT2D eigenvalue weighted by molar-refractivity contribution is 7.91. The van der Waals surface area contributed by atoms with E-state index in [2.05, 4.69) is 5.16 Å². The lowest BCUT2D eigenvalue weighted by atomic mass is 10.00. The topological polar surface area (TPSA) is 70.0 Å². The first kappa shape index (κ1) is 13.5. The first-order valence-corrected chi connectivity index (χ1v) is 7.98. The maximum absolute atomic E-state index is 12.4. The van der Waals surface area contributed by atoms with E-state index in [1.807, 2.05) is 19.9 Å². The van der Waals surface area contributed by atoms with Gasteiger partial charge in [-0.15, -0.1) is 11.3 Å². The molecular weight excluding hydrogens is 272 g/mol. The maximum Gasteiger partial charge on any atom is 0.252 e. The summed E-state index contributed by atoms with van der Waals surface area (Å²) in [5.74, 6) is -0.0421. The smallest absolute Gasteiger partial charge is 0.252 e. The number of piperidine rings is 1. The van der Waals surface area contributed by atoms with Crippen molar-refractivity contribution in [2.24, 2.45) is 11.1 Å². The number of aryl methyl sites for hydroxylation is 1. The molecule has 7 heteroatoms. The molecule has 1 atom stereocenters. The van der Waals surface area contributed by atoms with Gasteiger partial charge >= 0.3 is 0 Å². The van der Waals surface area contributed by atoms with Crippen molar-refractivity contribution < 1.29 is 13.6 Å². The summed E-state index contributed by atoms with van der Waals surface area (Å²) in [5, 5.41) is 12.0. The van der Waals surface area contributed by atoms with Crippen molar-refractivity contribution in [3.8, 4) is 0 Å². The van der Waals surface area contributed by atoms with Gasteiger partial charge in [-0.3, -0.25) is 0 Å². The third-order valence-corrected chi connectivity index (χ3v) is 6.44. The number of nitrogens with zero attached hydrogens (tertiary/aromatic N) is 2. The Morgan fingerprint density at radius 1 is 1.50 bits per heavy atom. The molecule has 1 aromatic heterocycles. The molecule has 18 heavy (non-hydrogen) atoms. The van der Waals surface area contributed by atoms with E-state index in [1.54, 1.807) is 6.07 Å². The lowest BCUT2D eigenvalue weighted by Crippen LogP contribution is -2.42. The molecule has 0 aromatic carbocycles. The van der Waals surface area contributed by atoms with Crippen LogP contribution < -0.4 is 0 Å². The SMILES string of the molecule is Cc1ccc(S(=O)(=O)N2CC/C(=N\O)C(C)C2)s1. The van der Waals surface area contributed by atoms with E-state index in [1.165, 1.54) is 15.6 Å². The van der Waals surface area contributed by atoms with E-state index in [0.29, 0.717) is 29.4 Å². The van der Waals surface area contributed by atoms with E-state index in [4.69, 9.17) is 5.21 Å². The van der Waals surface area contributed by atoms with Crippen molar-refractivity contribution in [3.63, 3.8) is 0 Å². The van der Waals surface area contributed by atoms with Crippen molar-refractivity contribution in [1.29, 1.82) is 0 Å². The van der Waals surface area contributed by atoms with Gasteiger partial charge < -0.3 is 5.21 Å². The molecule has 2 heterocycles. The van der Waals surface area contributed by atoms with E-state index < -0.39 is 10.0 Å². The zero-order chi connectivity index (χ0) is 13.3. The molecule has 1 aromatic rings. The lowest BCUT2D eigenvalue weighted by molar-refractivity contribution is 0.300. The van der Waals surface area contributed by atoms with Crippen LogP contribution in [0.25, 0.3) is 0 Å². The molecule has 0 saturated carbocycles. The zero-order valence-corrected chi connectivity index (χ0v) is 12.0.